The minimum Gasteiger partial charge on any atom is -0.384 e. The second kappa shape index (κ2) is 8.41. The van der Waals surface area contributed by atoms with Crippen LogP contribution in [0.5, 0.6) is 0 Å². The Morgan fingerprint density at radius 3 is 2.22 bits per heavy atom. The number of hydrogen-bond donors (Lipinski definition) is 3. The number of aryl methyl sites for hydroxylation is 2. The molecule has 0 radical (unpaired) electrons. The SMILES string of the molecule is Cc1cccc(C)c1NC(=O)C(NC(=O)C(C)O)c1cccc([N+](=O)[O-])c1. The molecule has 8 heteroatoms. The number of nitro benzene ring substituents is 1. The highest BCUT2D eigenvalue weighted by Crippen LogP contribution is 2.24. The van der Waals surface area contributed by atoms with E-state index in [-0.39, 0.29) is 11.3 Å². The fourth-order valence-electron chi connectivity index (χ4n) is 2.59. The number of nitro groups is 1. The van der Waals surface area contributed by atoms with Crippen molar-refractivity contribution >= 4 is 23.2 Å². The second-order valence-corrected chi connectivity index (χ2v) is 6.23. The van der Waals surface area contributed by atoms with Crippen LogP contribution in [0.3, 0.4) is 0 Å². The molecule has 0 spiro atoms. The summed E-state index contributed by atoms with van der Waals surface area (Å²) < 4.78 is 0. The van der Waals surface area contributed by atoms with Crippen molar-refractivity contribution in [2.24, 2.45) is 0 Å². The van der Waals surface area contributed by atoms with E-state index in [1.807, 2.05) is 32.0 Å². The topological polar surface area (TPSA) is 122 Å². The van der Waals surface area contributed by atoms with Gasteiger partial charge in [-0.1, -0.05) is 30.3 Å². The molecule has 3 N–H and O–H groups in total. The lowest BCUT2D eigenvalue weighted by molar-refractivity contribution is -0.384. The first-order valence-corrected chi connectivity index (χ1v) is 8.30. The van der Waals surface area contributed by atoms with E-state index in [1.54, 1.807) is 0 Å². The molecule has 2 atom stereocenters. The number of nitrogens with zero attached hydrogens (tertiary/aromatic N) is 1. The molecule has 8 nitrogen and oxygen atoms in total. The minimum absolute atomic E-state index is 0.205. The van der Waals surface area contributed by atoms with E-state index in [1.165, 1.54) is 31.2 Å². The molecular weight excluding hydrogens is 350 g/mol. The maximum absolute atomic E-state index is 12.9. The van der Waals surface area contributed by atoms with Gasteiger partial charge in [0.1, 0.15) is 12.1 Å². The number of amides is 2. The monoisotopic (exact) mass is 371 g/mol. The van der Waals surface area contributed by atoms with Gasteiger partial charge in [-0.2, -0.15) is 0 Å². The molecule has 2 aromatic rings. The first kappa shape index (κ1) is 20.1. The zero-order valence-corrected chi connectivity index (χ0v) is 15.2. The number of para-hydroxylation sites is 1. The maximum atomic E-state index is 12.9. The van der Waals surface area contributed by atoms with Crippen LogP contribution in [0.15, 0.2) is 42.5 Å². The first-order valence-electron chi connectivity index (χ1n) is 8.30. The Morgan fingerprint density at radius 2 is 1.67 bits per heavy atom. The van der Waals surface area contributed by atoms with E-state index in [0.29, 0.717) is 5.69 Å². The highest BCUT2D eigenvalue weighted by Gasteiger charge is 2.26. The van der Waals surface area contributed by atoms with Crippen molar-refractivity contribution in [3.8, 4) is 0 Å². The number of rotatable bonds is 6. The Morgan fingerprint density at radius 1 is 1.07 bits per heavy atom. The fourth-order valence-corrected chi connectivity index (χ4v) is 2.59. The van der Waals surface area contributed by atoms with Crippen LogP contribution in [0.1, 0.15) is 29.7 Å². The standard InChI is InChI=1S/C19H21N3O5/c1-11-6-4-7-12(2)16(11)20-19(25)17(21-18(24)13(3)23)14-8-5-9-15(10-14)22(26)27/h4-10,13,17,23H,1-3H3,(H,20,25)(H,21,24). The molecule has 0 aromatic heterocycles. The Bertz CT molecular complexity index is 859. The van der Waals surface area contributed by atoms with Crippen LogP contribution in [0.2, 0.25) is 0 Å². The van der Waals surface area contributed by atoms with Crippen LogP contribution < -0.4 is 10.6 Å². The Labute approximate surface area is 156 Å². The predicted octanol–water partition coefficient (Wildman–Crippen LogP) is 2.39. The summed E-state index contributed by atoms with van der Waals surface area (Å²) >= 11 is 0. The Hall–Kier alpha value is -3.26. The highest BCUT2D eigenvalue weighted by atomic mass is 16.6. The number of carbonyl (C=O) groups excluding carboxylic acids is 2. The molecule has 142 valence electrons. The maximum Gasteiger partial charge on any atom is 0.269 e. The van der Waals surface area contributed by atoms with Gasteiger partial charge in [0, 0.05) is 17.8 Å². The quantitative estimate of drug-likeness (QED) is 0.532. The molecule has 0 bridgehead atoms. The fraction of sp³-hybridized carbons (Fsp3) is 0.263. The molecule has 0 fully saturated rings. The third-order valence-corrected chi connectivity index (χ3v) is 4.07. The van der Waals surface area contributed by atoms with E-state index in [9.17, 15) is 24.8 Å². The molecule has 2 amide bonds. The summed E-state index contributed by atoms with van der Waals surface area (Å²) in [5.41, 5.74) is 2.31. The normalized spacial score (nSPS) is 12.7. The van der Waals surface area contributed by atoms with E-state index in [4.69, 9.17) is 0 Å². The van der Waals surface area contributed by atoms with Crippen LogP contribution in [0.25, 0.3) is 0 Å². The molecule has 0 aliphatic carbocycles. The summed E-state index contributed by atoms with van der Waals surface area (Å²) in [5, 5.41) is 25.7. The van der Waals surface area contributed by atoms with Crippen LogP contribution >= 0.6 is 0 Å². The molecule has 2 rings (SSSR count). The lowest BCUT2D eigenvalue weighted by Crippen LogP contribution is -2.41. The second-order valence-electron chi connectivity index (χ2n) is 6.23. The van der Waals surface area contributed by atoms with Crippen molar-refractivity contribution in [2.45, 2.75) is 32.9 Å². The largest absolute Gasteiger partial charge is 0.384 e. The van der Waals surface area contributed by atoms with Gasteiger partial charge in [0.05, 0.1) is 4.92 Å². The summed E-state index contributed by atoms with van der Waals surface area (Å²) in [6, 6.07) is 9.77. The molecule has 2 unspecified atom stereocenters. The van der Waals surface area contributed by atoms with Crippen molar-refractivity contribution in [1.29, 1.82) is 0 Å². The number of non-ortho nitro benzene ring substituents is 1. The summed E-state index contributed by atoms with van der Waals surface area (Å²) in [4.78, 5) is 35.3. The number of carbonyl (C=O) groups is 2. The average Bonchev–Trinajstić information content (AvgIpc) is 2.62. The van der Waals surface area contributed by atoms with E-state index in [0.717, 1.165) is 11.1 Å². The smallest absolute Gasteiger partial charge is 0.269 e. The van der Waals surface area contributed by atoms with Crippen LogP contribution in [-0.4, -0.2) is 27.9 Å². The van der Waals surface area contributed by atoms with Crippen molar-refractivity contribution in [3.05, 3.63) is 69.3 Å². The summed E-state index contributed by atoms with van der Waals surface area (Å²) in [7, 11) is 0. The van der Waals surface area contributed by atoms with Crippen molar-refractivity contribution in [2.75, 3.05) is 5.32 Å². The van der Waals surface area contributed by atoms with Crippen LogP contribution in [0, 0.1) is 24.0 Å². The van der Waals surface area contributed by atoms with Gasteiger partial charge in [-0.05, 0) is 37.5 Å². The molecule has 0 aliphatic rings. The van der Waals surface area contributed by atoms with Gasteiger partial charge in [0.2, 0.25) is 5.91 Å². The molecule has 27 heavy (non-hydrogen) atoms. The van der Waals surface area contributed by atoms with Crippen molar-refractivity contribution < 1.29 is 19.6 Å². The molecule has 0 aliphatic heterocycles. The average molecular weight is 371 g/mol. The zero-order chi connectivity index (χ0) is 20.1. The number of benzene rings is 2. The number of hydrogen-bond acceptors (Lipinski definition) is 5. The van der Waals surface area contributed by atoms with E-state index in [2.05, 4.69) is 10.6 Å². The van der Waals surface area contributed by atoms with Crippen LogP contribution in [-0.2, 0) is 9.59 Å². The summed E-state index contributed by atoms with van der Waals surface area (Å²) in [6.45, 7) is 4.93. The van der Waals surface area contributed by atoms with Crippen molar-refractivity contribution in [1.82, 2.24) is 5.32 Å². The minimum atomic E-state index is -1.33. The van der Waals surface area contributed by atoms with Gasteiger partial charge < -0.3 is 15.7 Å². The molecule has 2 aromatic carbocycles. The third-order valence-electron chi connectivity index (χ3n) is 4.07. The molecule has 0 saturated carbocycles. The van der Waals surface area contributed by atoms with Gasteiger partial charge in [0.25, 0.3) is 11.6 Å². The predicted molar refractivity (Wildman–Crippen MR) is 100 cm³/mol. The van der Waals surface area contributed by atoms with Gasteiger partial charge in [-0.25, -0.2) is 0 Å². The number of nitrogens with one attached hydrogen (secondary N) is 2. The number of anilines is 1. The van der Waals surface area contributed by atoms with Gasteiger partial charge >= 0.3 is 0 Å². The van der Waals surface area contributed by atoms with Gasteiger partial charge in [-0.15, -0.1) is 0 Å². The lowest BCUT2D eigenvalue weighted by Gasteiger charge is -2.21. The Balaban J connectivity index is 2.40. The van der Waals surface area contributed by atoms with Crippen molar-refractivity contribution in [3.63, 3.8) is 0 Å². The number of aliphatic hydroxyl groups excluding tert-OH is 1. The van der Waals surface area contributed by atoms with E-state index < -0.39 is 28.9 Å². The van der Waals surface area contributed by atoms with Gasteiger partial charge in [-0.3, -0.25) is 19.7 Å². The molecule has 0 heterocycles. The first-order chi connectivity index (χ1) is 12.7. The summed E-state index contributed by atoms with van der Waals surface area (Å²) in [5.74, 6) is -1.33. The molecular formula is C19H21N3O5. The number of aliphatic hydroxyl groups is 1. The zero-order valence-electron chi connectivity index (χ0n) is 15.2. The molecule has 0 saturated heterocycles. The third kappa shape index (κ3) is 4.89. The lowest BCUT2D eigenvalue weighted by atomic mass is 10.0. The van der Waals surface area contributed by atoms with Gasteiger partial charge in [0.15, 0.2) is 0 Å². The summed E-state index contributed by atoms with van der Waals surface area (Å²) in [6.07, 6.45) is -1.33. The van der Waals surface area contributed by atoms with Crippen LogP contribution in [0.4, 0.5) is 11.4 Å². The van der Waals surface area contributed by atoms with E-state index >= 15 is 0 Å². The highest BCUT2D eigenvalue weighted by molar-refractivity contribution is 5.99. The Kier molecular flexibility index (Phi) is 6.25.